The number of amides is 1. The summed E-state index contributed by atoms with van der Waals surface area (Å²) in [4.78, 5) is 28.6. The van der Waals surface area contributed by atoms with Crippen LogP contribution in [0.2, 0.25) is 0 Å². The summed E-state index contributed by atoms with van der Waals surface area (Å²) in [5.74, 6) is 1.69. The Morgan fingerprint density at radius 2 is 1.87 bits per heavy atom. The molecule has 0 N–H and O–H groups in total. The highest BCUT2D eigenvalue weighted by Crippen LogP contribution is 2.36. The van der Waals surface area contributed by atoms with Gasteiger partial charge < -0.3 is 14.5 Å². The molecule has 1 amide bonds. The van der Waals surface area contributed by atoms with Gasteiger partial charge in [0.1, 0.15) is 5.75 Å². The number of carbonyl (C=O) groups excluding carboxylic acids is 1. The molecule has 1 aliphatic heterocycles. The number of aromatic nitrogens is 2. The maximum absolute atomic E-state index is 12.9. The van der Waals surface area contributed by atoms with Crippen LogP contribution >= 0.6 is 0 Å². The van der Waals surface area contributed by atoms with Crippen LogP contribution in [0.25, 0.3) is 11.1 Å². The van der Waals surface area contributed by atoms with Gasteiger partial charge in [-0.1, -0.05) is 18.6 Å². The fourth-order valence-corrected chi connectivity index (χ4v) is 4.19. The standard InChI is InChI=1S/C24H35N5O2/c1-6-28(7-2)22(30)17-29-15-9-8-10-21(29)23-20(16-25-24(26-23)27(3)4)18-11-13-19(31-5)14-12-18/h11-14,16,21H,6-10,15,17H2,1-5H3/t21-/m0/s1. The maximum atomic E-state index is 12.9. The van der Waals surface area contributed by atoms with E-state index in [0.717, 1.165) is 61.5 Å². The third-order valence-corrected chi connectivity index (χ3v) is 5.99. The average Bonchev–Trinajstić information content (AvgIpc) is 2.80. The molecule has 0 bridgehead atoms. The summed E-state index contributed by atoms with van der Waals surface area (Å²) in [6.07, 6.45) is 5.13. The van der Waals surface area contributed by atoms with Crippen molar-refractivity contribution in [3.63, 3.8) is 0 Å². The zero-order valence-electron chi connectivity index (χ0n) is 19.5. The number of anilines is 1. The van der Waals surface area contributed by atoms with Gasteiger partial charge in [-0.05, 0) is 50.9 Å². The fraction of sp³-hybridized carbons (Fsp3) is 0.542. The van der Waals surface area contributed by atoms with Crippen LogP contribution < -0.4 is 9.64 Å². The van der Waals surface area contributed by atoms with Crippen molar-refractivity contribution in [3.8, 4) is 16.9 Å². The van der Waals surface area contributed by atoms with E-state index in [-0.39, 0.29) is 11.9 Å². The lowest BCUT2D eigenvalue weighted by Crippen LogP contribution is -2.43. The van der Waals surface area contributed by atoms with E-state index in [1.807, 2.05) is 68.2 Å². The lowest BCUT2D eigenvalue weighted by Gasteiger charge is -2.37. The predicted molar refractivity (Wildman–Crippen MR) is 124 cm³/mol. The number of methoxy groups -OCH3 is 1. The Labute approximate surface area is 186 Å². The van der Waals surface area contributed by atoms with E-state index in [0.29, 0.717) is 12.5 Å². The molecule has 1 fully saturated rings. The van der Waals surface area contributed by atoms with Crippen molar-refractivity contribution in [3.05, 3.63) is 36.2 Å². The highest BCUT2D eigenvalue weighted by atomic mass is 16.5. The van der Waals surface area contributed by atoms with Gasteiger partial charge >= 0.3 is 0 Å². The van der Waals surface area contributed by atoms with Gasteiger partial charge in [0, 0.05) is 38.9 Å². The minimum Gasteiger partial charge on any atom is -0.497 e. The molecule has 1 aliphatic rings. The van der Waals surface area contributed by atoms with Gasteiger partial charge in [-0.3, -0.25) is 9.69 Å². The number of hydrogen-bond donors (Lipinski definition) is 0. The molecule has 2 aromatic rings. The first-order valence-corrected chi connectivity index (χ1v) is 11.2. The summed E-state index contributed by atoms with van der Waals surface area (Å²) < 4.78 is 5.32. The SMILES string of the molecule is CCN(CC)C(=O)CN1CCCC[C@H]1c1nc(N(C)C)ncc1-c1ccc(OC)cc1. The Hall–Kier alpha value is -2.67. The van der Waals surface area contributed by atoms with Crippen LogP contribution in [0.3, 0.4) is 0 Å². The molecule has 7 heteroatoms. The van der Waals surface area contributed by atoms with Crippen molar-refractivity contribution < 1.29 is 9.53 Å². The zero-order chi connectivity index (χ0) is 22.4. The Morgan fingerprint density at radius 1 is 1.16 bits per heavy atom. The van der Waals surface area contributed by atoms with Crippen molar-refractivity contribution in [1.82, 2.24) is 19.8 Å². The molecule has 0 unspecified atom stereocenters. The predicted octanol–water partition coefficient (Wildman–Crippen LogP) is 3.61. The molecular weight excluding hydrogens is 390 g/mol. The van der Waals surface area contributed by atoms with Crippen LogP contribution in [0, 0.1) is 0 Å². The minimum atomic E-state index is 0.0899. The number of likely N-dealkylation sites (N-methyl/N-ethyl adjacent to an activating group) is 1. The first-order chi connectivity index (χ1) is 15.0. The minimum absolute atomic E-state index is 0.0899. The van der Waals surface area contributed by atoms with Gasteiger partial charge in [-0.25, -0.2) is 9.97 Å². The van der Waals surface area contributed by atoms with Crippen molar-refractivity contribution in [2.24, 2.45) is 0 Å². The summed E-state index contributed by atoms with van der Waals surface area (Å²) in [5.41, 5.74) is 3.07. The Balaban J connectivity index is 2.00. The number of ether oxygens (including phenoxy) is 1. The molecule has 7 nitrogen and oxygen atoms in total. The molecule has 2 heterocycles. The molecule has 31 heavy (non-hydrogen) atoms. The van der Waals surface area contributed by atoms with E-state index in [9.17, 15) is 4.79 Å². The summed E-state index contributed by atoms with van der Waals surface area (Å²) in [6.45, 7) is 6.87. The first-order valence-electron chi connectivity index (χ1n) is 11.2. The average molecular weight is 426 g/mol. The van der Waals surface area contributed by atoms with E-state index >= 15 is 0 Å². The lowest BCUT2D eigenvalue weighted by molar-refractivity contribution is -0.133. The number of benzene rings is 1. The van der Waals surface area contributed by atoms with E-state index in [1.165, 1.54) is 0 Å². The fourth-order valence-electron chi connectivity index (χ4n) is 4.19. The summed E-state index contributed by atoms with van der Waals surface area (Å²) >= 11 is 0. The molecule has 1 aromatic heterocycles. The lowest BCUT2D eigenvalue weighted by atomic mass is 9.93. The van der Waals surface area contributed by atoms with Crippen molar-refractivity contribution in [2.45, 2.75) is 39.2 Å². The van der Waals surface area contributed by atoms with Gasteiger partial charge in [0.25, 0.3) is 0 Å². The summed E-state index contributed by atoms with van der Waals surface area (Å²) in [5, 5.41) is 0. The van der Waals surface area contributed by atoms with Crippen LogP contribution in [0.5, 0.6) is 5.75 Å². The molecule has 0 spiro atoms. The smallest absolute Gasteiger partial charge is 0.236 e. The molecule has 1 aromatic carbocycles. The number of piperidine rings is 1. The van der Waals surface area contributed by atoms with Crippen molar-refractivity contribution in [1.29, 1.82) is 0 Å². The van der Waals surface area contributed by atoms with Gasteiger partial charge in [0.15, 0.2) is 0 Å². The quantitative estimate of drug-likeness (QED) is 0.644. The molecule has 168 valence electrons. The summed E-state index contributed by atoms with van der Waals surface area (Å²) in [7, 11) is 5.58. The zero-order valence-corrected chi connectivity index (χ0v) is 19.5. The van der Waals surface area contributed by atoms with Gasteiger partial charge in [0.05, 0.1) is 25.4 Å². The highest BCUT2D eigenvalue weighted by molar-refractivity contribution is 5.78. The monoisotopic (exact) mass is 425 g/mol. The van der Waals surface area contributed by atoms with Crippen LogP contribution in [0.4, 0.5) is 5.95 Å². The van der Waals surface area contributed by atoms with E-state index < -0.39 is 0 Å². The largest absolute Gasteiger partial charge is 0.497 e. The van der Waals surface area contributed by atoms with Crippen LogP contribution in [0.1, 0.15) is 44.8 Å². The Bertz CT molecular complexity index is 865. The van der Waals surface area contributed by atoms with E-state index in [1.54, 1.807) is 7.11 Å². The number of likely N-dealkylation sites (tertiary alicyclic amines) is 1. The highest BCUT2D eigenvalue weighted by Gasteiger charge is 2.30. The third kappa shape index (κ3) is 5.34. The first kappa shape index (κ1) is 23.0. The second-order valence-corrected chi connectivity index (χ2v) is 8.14. The van der Waals surface area contributed by atoms with Crippen molar-refractivity contribution in [2.75, 3.05) is 52.3 Å². The third-order valence-electron chi connectivity index (χ3n) is 5.99. The summed E-state index contributed by atoms with van der Waals surface area (Å²) in [6, 6.07) is 8.10. The molecule has 0 radical (unpaired) electrons. The van der Waals surface area contributed by atoms with E-state index in [4.69, 9.17) is 9.72 Å². The molecule has 1 saturated heterocycles. The topological polar surface area (TPSA) is 61.8 Å². The number of carbonyl (C=O) groups is 1. The van der Waals surface area contributed by atoms with Crippen LogP contribution in [-0.4, -0.2) is 73.1 Å². The molecular formula is C24H35N5O2. The maximum Gasteiger partial charge on any atom is 0.236 e. The Kier molecular flexibility index (Phi) is 7.85. The molecule has 3 rings (SSSR count). The normalized spacial score (nSPS) is 16.7. The Morgan fingerprint density at radius 3 is 2.48 bits per heavy atom. The molecule has 0 saturated carbocycles. The van der Waals surface area contributed by atoms with E-state index in [2.05, 4.69) is 9.88 Å². The number of hydrogen-bond acceptors (Lipinski definition) is 6. The number of rotatable bonds is 8. The van der Waals surface area contributed by atoms with Gasteiger partial charge in [-0.2, -0.15) is 0 Å². The molecule has 1 atom stereocenters. The van der Waals surface area contributed by atoms with Gasteiger partial charge in [0.2, 0.25) is 11.9 Å². The molecule has 0 aliphatic carbocycles. The van der Waals surface area contributed by atoms with Crippen LogP contribution in [-0.2, 0) is 4.79 Å². The van der Waals surface area contributed by atoms with Gasteiger partial charge in [-0.15, -0.1) is 0 Å². The number of nitrogens with zero attached hydrogens (tertiary/aromatic N) is 5. The second kappa shape index (κ2) is 10.6. The van der Waals surface area contributed by atoms with Crippen LogP contribution in [0.15, 0.2) is 30.5 Å². The second-order valence-electron chi connectivity index (χ2n) is 8.14. The van der Waals surface area contributed by atoms with Crippen molar-refractivity contribution >= 4 is 11.9 Å².